The zero-order valence-electron chi connectivity index (χ0n) is 28.0. The average Bonchev–Trinajstić information content (AvgIpc) is 3.01. The van der Waals surface area contributed by atoms with Crippen molar-refractivity contribution in [3.63, 3.8) is 0 Å². The lowest BCUT2D eigenvalue weighted by molar-refractivity contribution is -0.159. The molecule has 0 aromatic heterocycles. The fourth-order valence-corrected chi connectivity index (χ4v) is 4.13. The van der Waals surface area contributed by atoms with Crippen LogP contribution in [0.15, 0.2) is 96.9 Å². The molecular weight excluding hydrogens is 544 g/mol. The molecule has 0 fully saturated rings. The van der Waals surface area contributed by atoms with Gasteiger partial charge < -0.3 is 9.84 Å². The number of carbonyl (C=O) groups is 2. The fraction of sp³-hybridized carbons (Fsp3) is 0.550. The first-order valence-electron chi connectivity index (χ1n) is 17.3. The summed E-state index contributed by atoms with van der Waals surface area (Å²) in [5, 5.41) is 9.89. The molecule has 0 aliphatic rings. The van der Waals surface area contributed by atoms with Gasteiger partial charge in [-0.1, -0.05) is 125 Å². The van der Waals surface area contributed by atoms with E-state index in [2.05, 4.69) is 80.7 Å². The third-order valence-corrected chi connectivity index (χ3v) is 6.75. The number of hydrogen-bond acceptors (Lipinski definition) is 4. The molecule has 0 atom stereocenters. The molecule has 0 bridgehead atoms. The minimum absolute atomic E-state index is 0.250. The maximum absolute atomic E-state index is 11.9. The Morgan fingerprint density at radius 2 is 0.841 bits per heavy atom. The summed E-state index contributed by atoms with van der Waals surface area (Å²) in [6, 6.07) is 0. The van der Waals surface area contributed by atoms with Gasteiger partial charge in [-0.05, 0) is 89.5 Å². The van der Waals surface area contributed by atoms with Crippen LogP contribution < -0.4 is 0 Å². The van der Waals surface area contributed by atoms with Gasteiger partial charge in [0.1, 0.15) is 0 Å². The largest absolute Gasteiger partial charge is 0.512 e. The van der Waals surface area contributed by atoms with Crippen molar-refractivity contribution in [3.05, 3.63) is 96.9 Å². The first kappa shape index (κ1) is 40.9. The Kier molecular flexibility index (Phi) is 31.9. The van der Waals surface area contributed by atoms with Crippen molar-refractivity contribution >= 4 is 11.9 Å². The molecule has 0 aliphatic heterocycles. The van der Waals surface area contributed by atoms with Gasteiger partial charge in [-0.15, -0.1) is 0 Å². The van der Waals surface area contributed by atoms with Crippen molar-refractivity contribution in [1.29, 1.82) is 0 Å². The molecule has 0 unspecified atom stereocenters. The molecule has 0 aliphatic carbocycles. The van der Waals surface area contributed by atoms with Crippen LogP contribution in [-0.4, -0.2) is 17.0 Å². The maximum atomic E-state index is 11.9. The standard InChI is InChI=1S/C40H62O4/c1-3-5-7-9-11-12-13-14-15-16-17-18-19-20-24-28-32-36-39(42)44-40(43)37-33-29-25-22-21-23-27-31-35-38(41)34-30-26-10-8-6-4-2/h11-12,14-15,17-18,20,22-27,30,35,41H,3-10,13,16,19,21,28-29,31-34,36-37H2,1-2H3. The molecule has 0 rings (SSSR count). The van der Waals surface area contributed by atoms with Crippen LogP contribution in [0, 0.1) is 0 Å². The number of hydrogen-bond donors (Lipinski definition) is 1. The molecule has 0 amide bonds. The molecule has 0 heterocycles. The number of unbranched alkanes of at least 4 members (excludes halogenated alkanes) is 8. The normalized spacial score (nSPS) is 13.0. The molecule has 0 spiro atoms. The number of aliphatic hydroxyl groups is 1. The Bertz CT molecular complexity index is 927. The molecule has 44 heavy (non-hydrogen) atoms. The van der Waals surface area contributed by atoms with E-state index in [1.165, 1.54) is 44.9 Å². The lowest BCUT2D eigenvalue weighted by Gasteiger charge is -2.01. The SMILES string of the molecule is CCCCCC=CCC=CCC=CCC=CCCCC(=O)OC(=O)CCCC=CCC=CCC=C(O)CC=CCCCCC. The highest BCUT2D eigenvalue weighted by Crippen LogP contribution is 2.06. The van der Waals surface area contributed by atoms with Crippen molar-refractivity contribution < 1.29 is 19.4 Å². The van der Waals surface area contributed by atoms with E-state index in [9.17, 15) is 14.7 Å². The minimum atomic E-state index is -0.441. The van der Waals surface area contributed by atoms with Gasteiger partial charge in [-0.3, -0.25) is 9.59 Å². The molecule has 1 N–H and O–H groups in total. The van der Waals surface area contributed by atoms with E-state index < -0.39 is 11.9 Å². The third kappa shape index (κ3) is 33.4. The van der Waals surface area contributed by atoms with Crippen LogP contribution in [-0.2, 0) is 14.3 Å². The number of rotatable bonds is 28. The summed E-state index contributed by atoms with van der Waals surface area (Å²) in [5.41, 5.74) is 0. The zero-order chi connectivity index (χ0) is 32.2. The maximum Gasteiger partial charge on any atom is 0.313 e. The van der Waals surface area contributed by atoms with Crippen LogP contribution in [0.25, 0.3) is 0 Å². The highest BCUT2D eigenvalue weighted by molar-refractivity contribution is 5.85. The molecule has 4 heteroatoms. The first-order valence-corrected chi connectivity index (χ1v) is 17.3. The lowest BCUT2D eigenvalue weighted by Crippen LogP contribution is -2.11. The molecule has 4 nitrogen and oxygen atoms in total. The highest BCUT2D eigenvalue weighted by Gasteiger charge is 2.09. The van der Waals surface area contributed by atoms with E-state index in [1.54, 1.807) is 0 Å². The van der Waals surface area contributed by atoms with Crippen LogP contribution in [0.2, 0.25) is 0 Å². The summed E-state index contributed by atoms with van der Waals surface area (Å²) in [6.07, 6.45) is 50.0. The number of carbonyl (C=O) groups excluding carboxylic acids is 2. The Morgan fingerprint density at radius 3 is 1.27 bits per heavy atom. The van der Waals surface area contributed by atoms with Gasteiger partial charge in [-0.25, -0.2) is 0 Å². The number of aliphatic hydroxyl groups excluding tert-OH is 1. The van der Waals surface area contributed by atoms with Gasteiger partial charge in [0.15, 0.2) is 0 Å². The minimum Gasteiger partial charge on any atom is -0.512 e. The van der Waals surface area contributed by atoms with Gasteiger partial charge >= 0.3 is 11.9 Å². The predicted molar refractivity (Wildman–Crippen MR) is 189 cm³/mol. The van der Waals surface area contributed by atoms with Gasteiger partial charge in [0, 0.05) is 19.3 Å². The van der Waals surface area contributed by atoms with E-state index in [4.69, 9.17) is 4.74 Å². The summed E-state index contributed by atoms with van der Waals surface area (Å²) in [5.74, 6) is -0.466. The summed E-state index contributed by atoms with van der Waals surface area (Å²) in [4.78, 5) is 23.8. The quantitative estimate of drug-likeness (QED) is 0.0316. The van der Waals surface area contributed by atoms with Gasteiger partial charge in [0.05, 0.1) is 5.76 Å². The molecule has 0 saturated heterocycles. The molecule has 0 aromatic rings. The van der Waals surface area contributed by atoms with Crippen LogP contribution >= 0.6 is 0 Å². The second-order valence-corrected chi connectivity index (χ2v) is 11.0. The number of ether oxygens (including phenoxy) is 1. The molecule has 0 aromatic carbocycles. The Labute approximate surface area is 270 Å². The van der Waals surface area contributed by atoms with E-state index in [-0.39, 0.29) is 12.8 Å². The van der Waals surface area contributed by atoms with E-state index >= 15 is 0 Å². The van der Waals surface area contributed by atoms with E-state index in [1.807, 2.05) is 24.3 Å². The molecule has 246 valence electrons. The highest BCUT2D eigenvalue weighted by atomic mass is 16.6. The Balaban J connectivity index is 3.71. The van der Waals surface area contributed by atoms with Crippen LogP contribution in [0.4, 0.5) is 0 Å². The van der Waals surface area contributed by atoms with Crippen molar-refractivity contribution in [2.24, 2.45) is 0 Å². The second-order valence-electron chi connectivity index (χ2n) is 11.0. The Morgan fingerprint density at radius 1 is 0.477 bits per heavy atom. The van der Waals surface area contributed by atoms with Gasteiger partial charge in [0.25, 0.3) is 0 Å². The van der Waals surface area contributed by atoms with Crippen molar-refractivity contribution in [2.45, 2.75) is 142 Å². The summed E-state index contributed by atoms with van der Waals surface area (Å²) >= 11 is 0. The van der Waals surface area contributed by atoms with Crippen molar-refractivity contribution in [1.82, 2.24) is 0 Å². The number of esters is 2. The third-order valence-electron chi connectivity index (χ3n) is 6.75. The summed E-state index contributed by atoms with van der Waals surface area (Å²) in [6.45, 7) is 4.43. The van der Waals surface area contributed by atoms with Crippen molar-refractivity contribution in [3.8, 4) is 0 Å². The monoisotopic (exact) mass is 606 g/mol. The number of allylic oxidation sites excluding steroid dienone is 15. The molecular formula is C40H62O4. The summed E-state index contributed by atoms with van der Waals surface area (Å²) < 4.78 is 4.93. The van der Waals surface area contributed by atoms with Crippen LogP contribution in [0.5, 0.6) is 0 Å². The van der Waals surface area contributed by atoms with Gasteiger partial charge in [0.2, 0.25) is 0 Å². The first-order chi connectivity index (χ1) is 21.6. The smallest absolute Gasteiger partial charge is 0.313 e. The average molecular weight is 607 g/mol. The molecule has 0 saturated carbocycles. The van der Waals surface area contributed by atoms with Gasteiger partial charge in [-0.2, -0.15) is 0 Å². The lowest BCUT2D eigenvalue weighted by atomic mass is 10.2. The predicted octanol–water partition coefficient (Wildman–Crippen LogP) is 12.2. The summed E-state index contributed by atoms with van der Waals surface area (Å²) in [7, 11) is 0. The van der Waals surface area contributed by atoms with Crippen molar-refractivity contribution in [2.75, 3.05) is 0 Å². The zero-order valence-corrected chi connectivity index (χ0v) is 28.0. The molecule has 0 radical (unpaired) electrons. The topological polar surface area (TPSA) is 63.6 Å². The fourth-order valence-electron chi connectivity index (χ4n) is 4.13. The van der Waals surface area contributed by atoms with Crippen LogP contribution in [0.1, 0.15) is 142 Å². The van der Waals surface area contributed by atoms with Crippen LogP contribution in [0.3, 0.4) is 0 Å². The van der Waals surface area contributed by atoms with E-state index in [0.717, 1.165) is 44.9 Å². The van der Waals surface area contributed by atoms with E-state index in [0.29, 0.717) is 31.4 Å². The second kappa shape index (κ2) is 34.4. The Hall–Kier alpha value is -3.14.